The van der Waals surface area contributed by atoms with Crippen LogP contribution in [0.2, 0.25) is 0 Å². The third kappa shape index (κ3) is 3.69. The molecule has 0 aliphatic carbocycles. The van der Waals surface area contributed by atoms with E-state index in [9.17, 15) is 14.0 Å². The Bertz CT molecular complexity index is 1320. The second-order valence-corrected chi connectivity index (χ2v) is 8.43. The van der Waals surface area contributed by atoms with E-state index in [4.69, 9.17) is 4.74 Å². The number of halogens is 1. The van der Waals surface area contributed by atoms with Crippen LogP contribution in [0.25, 0.3) is 10.2 Å². The quantitative estimate of drug-likeness (QED) is 0.467. The molecule has 0 fully saturated rings. The number of ether oxygens (including phenoxy) is 1. The Labute approximate surface area is 187 Å². The van der Waals surface area contributed by atoms with Gasteiger partial charge in [-0.1, -0.05) is 41.7 Å². The number of thiazole rings is 1. The minimum absolute atomic E-state index is 0.231. The number of hydrogen-bond donors (Lipinski definition) is 1. The second-order valence-electron chi connectivity index (χ2n) is 7.42. The molecule has 1 atom stereocenters. The molecule has 8 heteroatoms. The maximum absolute atomic E-state index is 14.4. The van der Waals surface area contributed by atoms with Crippen molar-refractivity contribution in [3.63, 3.8) is 0 Å². The number of rotatable bonds is 4. The number of aromatic nitrogens is 1. The van der Waals surface area contributed by atoms with Crippen LogP contribution in [0.4, 0.5) is 20.9 Å². The van der Waals surface area contributed by atoms with Gasteiger partial charge in [0.25, 0.3) is 5.91 Å². The smallest absolute Gasteiger partial charge is 0.266 e. The zero-order chi connectivity index (χ0) is 22.2. The molecule has 4 aromatic rings. The molecule has 3 aromatic carbocycles. The highest BCUT2D eigenvalue weighted by molar-refractivity contribution is 7.22. The van der Waals surface area contributed by atoms with Crippen LogP contribution in [0, 0.1) is 12.7 Å². The van der Waals surface area contributed by atoms with Gasteiger partial charge in [0.2, 0.25) is 5.91 Å². The van der Waals surface area contributed by atoms with E-state index in [-0.39, 0.29) is 6.42 Å². The van der Waals surface area contributed by atoms with Crippen molar-refractivity contribution in [2.24, 2.45) is 0 Å². The summed E-state index contributed by atoms with van der Waals surface area (Å²) in [7, 11) is 0. The van der Waals surface area contributed by atoms with E-state index >= 15 is 0 Å². The van der Waals surface area contributed by atoms with Crippen LogP contribution in [0.3, 0.4) is 0 Å². The van der Waals surface area contributed by atoms with Crippen molar-refractivity contribution < 1.29 is 18.7 Å². The number of anilines is 3. The lowest BCUT2D eigenvalue weighted by Gasteiger charge is -2.27. The van der Waals surface area contributed by atoms with Gasteiger partial charge < -0.3 is 10.1 Å². The van der Waals surface area contributed by atoms with Gasteiger partial charge in [0.15, 0.2) is 11.2 Å². The maximum Gasteiger partial charge on any atom is 0.266 e. The lowest BCUT2D eigenvalue weighted by Crippen LogP contribution is -2.41. The first-order valence-corrected chi connectivity index (χ1v) is 10.8. The Morgan fingerprint density at radius 2 is 1.94 bits per heavy atom. The fraction of sp³-hybridized carbons (Fsp3) is 0.125. The third-order valence-corrected chi connectivity index (χ3v) is 6.23. The van der Waals surface area contributed by atoms with E-state index in [2.05, 4.69) is 10.3 Å². The highest BCUT2D eigenvalue weighted by atomic mass is 32.1. The highest BCUT2D eigenvalue weighted by Gasteiger charge is 2.33. The first kappa shape index (κ1) is 20.1. The molecule has 160 valence electrons. The molecule has 0 radical (unpaired) electrons. The summed E-state index contributed by atoms with van der Waals surface area (Å²) in [6.45, 7) is 1.65. The first-order chi connectivity index (χ1) is 15.5. The number of nitrogens with zero attached hydrogens (tertiary/aromatic N) is 2. The SMILES string of the molecule is Cc1ccc(N(C(=O)CC2Oc3ccccc3NC2=O)c2nc3ccccc3s2)cc1F. The molecule has 1 N–H and O–H groups in total. The molecule has 1 unspecified atom stereocenters. The Hall–Kier alpha value is -3.78. The zero-order valence-electron chi connectivity index (χ0n) is 17.0. The largest absolute Gasteiger partial charge is 0.478 e. The van der Waals surface area contributed by atoms with Gasteiger partial charge in [-0.2, -0.15) is 0 Å². The fourth-order valence-electron chi connectivity index (χ4n) is 3.51. The van der Waals surface area contributed by atoms with E-state index < -0.39 is 23.7 Å². The second kappa shape index (κ2) is 8.05. The minimum Gasteiger partial charge on any atom is -0.478 e. The number of carbonyl (C=O) groups is 2. The van der Waals surface area contributed by atoms with E-state index in [0.29, 0.717) is 27.8 Å². The van der Waals surface area contributed by atoms with Gasteiger partial charge in [-0.05, 0) is 48.9 Å². The van der Waals surface area contributed by atoms with Crippen LogP contribution < -0.4 is 15.0 Å². The molecule has 1 aromatic heterocycles. The molecule has 5 rings (SSSR count). The summed E-state index contributed by atoms with van der Waals surface area (Å²) in [6.07, 6.45) is -1.24. The number of para-hydroxylation sites is 3. The number of aryl methyl sites for hydroxylation is 1. The van der Waals surface area contributed by atoms with E-state index in [1.165, 1.54) is 22.3 Å². The van der Waals surface area contributed by atoms with Crippen LogP contribution in [0.1, 0.15) is 12.0 Å². The van der Waals surface area contributed by atoms with Crippen LogP contribution in [-0.2, 0) is 9.59 Å². The van der Waals surface area contributed by atoms with Crippen molar-refractivity contribution in [2.75, 3.05) is 10.2 Å². The van der Waals surface area contributed by atoms with Gasteiger partial charge in [0.05, 0.1) is 28.0 Å². The van der Waals surface area contributed by atoms with Crippen molar-refractivity contribution in [1.82, 2.24) is 4.98 Å². The average Bonchev–Trinajstić information content (AvgIpc) is 3.20. The maximum atomic E-state index is 14.4. The van der Waals surface area contributed by atoms with Gasteiger partial charge in [-0.15, -0.1) is 0 Å². The predicted molar refractivity (Wildman–Crippen MR) is 122 cm³/mol. The Balaban J connectivity index is 1.50. The van der Waals surface area contributed by atoms with Crippen LogP contribution in [0.15, 0.2) is 66.7 Å². The minimum atomic E-state index is -1.01. The standard InChI is InChI=1S/C24H18FN3O3S/c1-14-10-11-15(12-16(14)25)28(24-27-18-7-3-5-9-21(18)32-24)22(29)13-20-23(30)26-17-6-2-4-8-19(17)31-20/h2-12,20H,13H2,1H3,(H,26,30). The van der Waals surface area contributed by atoms with Gasteiger partial charge in [0, 0.05) is 0 Å². The number of benzene rings is 3. The van der Waals surface area contributed by atoms with Gasteiger partial charge in [-0.3, -0.25) is 14.5 Å². The van der Waals surface area contributed by atoms with E-state index in [1.807, 2.05) is 24.3 Å². The van der Waals surface area contributed by atoms with E-state index in [1.54, 1.807) is 43.3 Å². The summed E-state index contributed by atoms with van der Waals surface area (Å²) in [6, 6.07) is 19.1. The lowest BCUT2D eigenvalue weighted by molar-refractivity contribution is -0.129. The normalized spacial score (nSPS) is 15.1. The molecule has 6 nitrogen and oxygen atoms in total. The molecule has 1 aliphatic rings. The lowest BCUT2D eigenvalue weighted by atomic mass is 10.1. The Kier molecular flexibility index (Phi) is 5.07. The van der Waals surface area contributed by atoms with Crippen molar-refractivity contribution in [3.8, 4) is 5.75 Å². The molecular formula is C24H18FN3O3S. The fourth-order valence-corrected chi connectivity index (χ4v) is 4.52. The summed E-state index contributed by atoms with van der Waals surface area (Å²) < 4.78 is 21.1. The predicted octanol–water partition coefficient (Wildman–Crippen LogP) is 5.20. The highest BCUT2D eigenvalue weighted by Crippen LogP contribution is 2.36. The number of fused-ring (bicyclic) bond motifs is 2. The summed E-state index contributed by atoms with van der Waals surface area (Å²) >= 11 is 1.32. The number of nitrogens with one attached hydrogen (secondary N) is 1. The van der Waals surface area contributed by atoms with Crippen LogP contribution in [0.5, 0.6) is 5.75 Å². The van der Waals surface area contributed by atoms with Gasteiger partial charge in [0.1, 0.15) is 11.6 Å². The summed E-state index contributed by atoms with van der Waals surface area (Å²) in [5, 5.41) is 3.16. The molecule has 32 heavy (non-hydrogen) atoms. The van der Waals surface area contributed by atoms with Crippen molar-refractivity contribution >= 4 is 49.9 Å². The Morgan fingerprint density at radius 1 is 1.16 bits per heavy atom. The molecular weight excluding hydrogens is 429 g/mol. The zero-order valence-corrected chi connectivity index (χ0v) is 17.9. The summed E-state index contributed by atoms with van der Waals surface area (Å²) in [4.78, 5) is 31.9. The van der Waals surface area contributed by atoms with Gasteiger partial charge >= 0.3 is 0 Å². The van der Waals surface area contributed by atoms with Gasteiger partial charge in [-0.25, -0.2) is 9.37 Å². The van der Waals surface area contributed by atoms with Crippen molar-refractivity contribution in [3.05, 3.63) is 78.1 Å². The molecule has 2 heterocycles. The monoisotopic (exact) mass is 447 g/mol. The number of carbonyl (C=O) groups excluding carboxylic acids is 2. The molecule has 0 saturated carbocycles. The summed E-state index contributed by atoms with van der Waals surface area (Å²) in [5.74, 6) is -0.761. The third-order valence-electron chi connectivity index (χ3n) is 5.20. The molecule has 0 spiro atoms. The molecule has 0 saturated heterocycles. The summed E-state index contributed by atoms with van der Waals surface area (Å²) in [5.41, 5.74) is 2.11. The van der Waals surface area contributed by atoms with Crippen LogP contribution in [-0.4, -0.2) is 22.9 Å². The van der Waals surface area contributed by atoms with Crippen LogP contribution >= 0.6 is 11.3 Å². The topological polar surface area (TPSA) is 71.5 Å². The Morgan fingerprint density at radius 3 is 2.75 bits per heavy atom. The molecule has 2 amide bonds. The van der Waals surface area contributed by atoms with Crippen molar-refractivity contribution in [1.29, 1.82) is 0 Å². The average molecular weight is 447 g/mol. The molecule has 1 aliphatic heterocycles. The van der Waals surface area contributed by atoms with Crippen molar-refractivity contribution in [2.45, 2.75) is 19.4 Å². The number of amides is 2. The van der Waals surface area contributed by atoms with E-state index in [0.717, 1.165) is 10.2 Å². The first-order valence-electron chi connectivity index (χ1n) is 10.0. The number of hydrogen-bond acceptors (Lipinski definition) is 5. The molecule has 0 bridgehead atoms.